The zero-order valence-corrected chi connectivity index (χ0v) is 17.0. The van der Waals surface area contributed by atoms with E-state index in [9.17, 15) is 18.0 Å². The fraction of sp³-hybridized carbons (Fsp3) is 0.650. The summed E-state index contributed by atoms with van der Waals surface area (Å²) in [7, 11) is 1.74. The molecule has 1 aliphatic heterocycles. The molecule has 0 unspecified atom stereocenters. The number of carbonyl (C=O) groups is 1. The Morgan fingerprint density at radius 2 is 1.82 bits per heavy atom. The Morgan fingerprint density at radius 3 is 2.46 bits per heavy atom. The van der Waals surface area contributed by atoms with Crippen LogP contribution in [0.25, 0.3) is 0 Å². The van der Waals surface area contributed by atoms with E-state index in [-0.39, 0.29) is 42.0 Å². The van der Waals surface area contributed by atoms with Gasteiger partial charge in [0.2, 0.25) is 5.91 Å². The minimum absolute atomic E-state index is 0. The molecule has 3 rings (SSSR count). The third kappa shape index (κ3) is 5.11. The van der Waals surface area contributed by atoms with Gasteiger partial charge in [-0.05, 0) is 56.5 Å². The number of benzene rings is 1. The summed E-state index contributed by atoms with van der Waals surface area (Å²) in [5.74, 6) is -0.263. The molecular weight excluding hydrogens is 391 g/mol. The number of likely N-dealkylation sites (tertiary alicyclic amines) is 1. The van der Waals surface area contributed by atoms with E-state index in [2.05, 4.69) is 4.90 Å². The topological polar surface area (TPSA) is 49.6 Å². The summed E-state index contributed by atoms with van der Waals surface area (Å²) in [5, 5.41) is 0. The van der Waals surface area contributed by atoms with Gasteiger partial charge in [-0.25, -0.2) is 0 Å². The van der Waals surface area contributed by atoms with E-state index >= 15 is 0 Å². The lowest BCUT2D eigenvalue weighted by molar-refractivity contribution is -0.139. The van der Waals surface area contributed by atoms with E-state index in [0.717, 1.165) is 44.8 Å². The van der Waals surface area contributed by atoms with Gasteiger partial charge in [-0.15, -0.1) is 12.4 Å². The molecular formula is C20H29ClF3N3O. The molecule has 2 aliphatic rings. The van der Waals surface area contributed by atoms with E-state index in [0.29, 0.717) is 6.04 Å². The number of hydrogen-bond donors (Lipinski definition) is 1. The van der Waals surface area contributed by atoms with E-state index in [1.54, 1.807) is 11.9 Å². The van der Waals surface area contributed by atoms with Crippen LogP contribution >= 0.6 is 12.4 Å². The average molecular weight is 420 g/mol. The molecule has 1 aromatic rings. The largest absolute Gasteiger partial charge is 0.416 e. The summed E-state index contributed by atoms with van der Waals surface area (Å²) in [5.41, 5.74) is 4.74. The lowest BCUT2D eigenvalue weighted by atomic mass is 9.88. The number of rotatable bonds is 4. The minimum Gasteiger partial charge on any atom is -0.399 e. The van der Waals surface area contributed by atoms with Gasteiger partial charge in [0.15, 0.2) is 0 Å². The Balaban J connectivity index is 0.00000280. The summed E-state index contributed by atoms with van der Waals surface area (Å²) in [6.45, 7) is 2.11. The van der Waals surface area contributed by atoms with Crippen molar-refractivity contribution in [2.45, 2.75) is 63.2 Å². The molecule has 1 amide bonds. The highest BCUT2D eigenvalue weighted by Crippen LogP contribution is 2.34. The molecule has 2 atom stereocenters. The molecule has 4 nitrogen and oxygen atoms in total. The molecule has 158 valence electrons. The van der Waals surface area contributed by atoms with Gasteiger partial charge in [-0.3, -0.25) is 9.69 Å². The third-order valence-corrected chi connectivity index (χ3v) is 5.98. The predicted molar refractivity (Wildman–Crippen MR) is 106 cm³/mol. The van der Waals surface area contributed by atoms with Crippen molar-refractivity contribution in [3.8, 4) is 0 Å². The standard InChI is InChI=1S/C20H28F3N3O.ClH/c1-25(17-6-2-3-7-18(17)26-10-4-5-11-26)19(27)12-14-8-9-15(24)13-16(14)20(21,22)23;/h8-9,13,17-18H,2-7,10-12,24H2,1H3;1H/t17-,18-;/m1./s1. The van der Waals surface area contributed by atoms with Gasteiger partial charge in [-0.2, -0.15) is 13.2 Å². The van der Waals surface area contributed by atoms with Crippen LogP contribution in [0, 0.1) is 0 Å². The zero-order valence-electron chi connectivity index (χ0n) is 16.2. The van der Waals surface area contributed by atoms with Crippen LogP contribution < -0.4 is 5.73 Å². The number of halogens is 4. The van der Waals surface area contributed by atoms with Crippen molar-refractivity contribution in [2.75, 3.05) is 25.9 Å². The first-order valence-electron chi connectivity index (χ1n) is 9.72. The predicted octanol–water partition coefficient (Wildman–Crippen LogP) is 4.12. The van der Waals surface area contributed by atoms with Crippen LogP contribution in [0.4, 0.5) is 18.9 Å². The maximum absolute atomic E-state index is 13.3. The van der Waals surface area contributed by atoms with E-state index in [4.69, 9.17) is 5.73 Å². The molecule has 0 spiro atoms. The van der Waals surface area contributed by atoms with Crippen molar-refractivity contribution in [3.63, 3.8) is 0 Å². The third-order valence-electron chi connectivity index (χ3n) is 5.98. The molecule has 1 saturated heterocycles. The monoisotopic (exact) mass is 419 g/mol. The SMILES string of the molecule is CN(C(=O)Cc1ccc(N)cc1C(F)(F)F)[C@@H]1CCCC[C@H]1N1CCCC1.Cl. The normalized spacial score (nSPS) is 23.3. The lowest BCUT2D eigenvalue weighted by Gasteiger charge is -2.42. The summed E-state index contributed by atoms with van der Waals surface area (Å²) in [6, 6.07) is 4.06. The number of anilines is 1. The zero-order chi connectivity index (χ0) is 19.6. The van der Waals surface area contributed by atoms with Gasteiger partial charge in [0.1, 0.15) is 0 Å². The Kier molecular flexibility index (Phi) is 7.62. The molecule has 28 heavy (non-hydrogen) atoms. The van der Waals surface area contributed by atoms with Crippen molar-refractivity contribution in [2.24, 2.45) is 0 Å². The first-order chi connectivity index (χ1) is 12.8. The highest BCUT2D eigenvalue weighted by molar-refractivity contribution is 5.85. The van der Waals surface area contributed by atoms with Gasteiger partial charge in [-0.1, -0.05) is 18.9 Å². The fourth-order valence-corrected chi connectivity index (χ4v) is 4.53. The lowest BCUT2D eigenvalue weighted by Crippen LogP contribution is -2.53. The van der Waals surface area contributed by atoms with Gasteiger partial charge in [0.05, 0.1) is 12.0 Å². The smallest absolute Gasteiger partial charge is 0.399 e. The summed E-state index contributed by atoms with van der Waals surface area (Å²) in [6.07, 6.45) is 1.76. The Hall–Kier alpha value is -1.47. The molecule has 0 bridgehead atoms. The van der Waals surface area contributed by atoms with E-state index in [1.807, 2.05) is 0 Å². The van der Waals surface area contributed by atoms with Crippen LogP contribution in [-0.2, 0) is 17.4 Å². The Bertz CT molecular complexity index is 677. The molecule has 0 radical (unpaired) electrons. The number of likely N-dealkylation sites (N-methyl/N-ethyl adjacent to an activating group) is 1. The van der Waals surface area contributed by atoms with Crippen LogP contribution in [0.1, 0.15) is 49.7 Å². The van der Waals surface area contributed by atoms with Crippen LogP contribution in [0.5, 0.6) is 0 Å². The molecule has 1 heterocycles. The number of nitrogens with two attached hydrogens (primary N) is 1. The van der Waals surface area contributed by atoms with Gasteiger partial charge in [0, 0.05) is 24.8 Å². The van der Waals surface area contributed by atoms with Gasteiger partial charge in [0.25, 0.3) is 0 Å². The number of hydrogen-bond acceptors (Lipinski definition) is 3. The number of amides is 1. The molecule has 2 fully saturated rings. The van der Waals surface area contributed by atoms with Crippen molar-refractivity contribution < 1.29 is 18.0 Å². The summed E-state index contributed by atoms with van der Waals surface area (Å²) in [4.78, 5) is 17.0. The minimum atomic E-state index is -4.52. The van der Waals surface area contributed by atoms with Crippen LogP contribution in [0.3, 0.4) is 0 Å². The van der Waals surface area contributed by atoms with Crippen molar-refractivity contribution in [1.29, 1.82) is 0 Å². The molecule has 8 heteroatoms. The Morgan fingerprint density at radius 1 is 1.18 bits per heavy atom. The number of nitrogens with zero attached hydrogens (tertiary/aromatic N) is 2. The van der Waals surface area contributed by atoms with Crippen molar-refractivity contribution in [1.82, 2.24) is 9.80 Å². The second-order valence-corrected chi connectivity index (χ2v) is 7.76. The van der Waals surface area contributed by atoms with Crippen LogP contribution in [-0.4, -0.2) is 47.9 Å². The molecule has 0 aromatic heterocycles. The first-order valence-corrected chi connectivity index (χ1v) is 9.72. The van der Waals surface area contributed by atoms with Crippen molar-refractivity contribution >= 4 is 24.0 Å². The molecule has 1 aliphatic carbocycles. The van der Waals surface area contributed by atoms with E-state index in [1.165, 1.54) is 25.0 Å². The second kappa shape index (κ2) is 9.35. The van der Waals surface area contributed by atoms with Crippen LogP contribution in [0.2, 0.25) is 0 Å². The molecule has 1 aromatic carbocycles. The highest BCUT2D eigenvalue weighted by atomic mass is 35.5. The number of nitrogen functional groups attached to an aromatic ring is 1. The summed E-state index contributed by atoms with van der Waals surface area (Å²) < 4.78 is 39.9. The fourth-order valence-electron chi connectivity index (χ4n) is 4.53. The maximum Gasteiger partial charge on any atom is 0.416 e. The highest BCUT2D eigenvalue weighted by Gasteiger charge is 2.37. The average Bonchev–Trinajstić information content (AvgIpc) is 3.16. The molecule has 2 N–H and O–H groups in total. The quantitative estimate of drug-likeness (QED) is 0.747. The summed E-state index contributed by atoms with van der Waals surface area (Å²) >= 11 is 0. The van der Waals surface area contributed by atoms with Gasteiger partial charge < -0.3 is 10.6 Å². The Labute approximate surface area is 170 Å². The number of carbonyl (C=O) groups excluding carboxylic acids is 1. The van der Waals surface area contributed by atoms with Crippen molar-refractivity contribution in [3.05, 3.63) is 29.3 Å². The second-order valence-electron chi connectivity index (χ2n) is 7.76. The van der Waals surface area contributed by atoms with E-state index < -0.39 is 11.7 Å². The first kappa shape index (κ1) is 22.8. The molecule has 1 saturated carbocycles. The maximum atomic E-state index is 13.3. The van der Waals surface area contributed by atoms with Gasteiger partial charge >= 0.3 is 6.18 Å². The number of alkyl halides is 3. The van der Waals surface area contributed by atoms with Crippen LogP contribution in [0.15, 0.2) is 18.2 Å².